The number of rotatable bonds is 51. The molecular formula is C63H106O6. The summed E-state index contributed by atoms with van der Waals surface area (Å²) in [7, 11) is 0. The van der Waals surface area contributed by atoms with Gasteiger partial charge in [0.25, 0.3) is 0 Å². The van der Waals surface area contributed by atoms with Crippen molar-refractivity contribution >= 4 is 17.9 Å². The molecule has 0 aromatic rings. The van der Waals surface area contributed by atoms with Crippen molar-refractivity contribution in [2.75, 3.05) is 13.2 Å². The first-order valence-corrected chi connectivity index (χ1v) is 28.7. The SMILES string of the molecule is CC/C=C\C/C=C\C/C=C\C/C=C\C/C=C\C/C=C\CCCCCCCCCCCCCCC(=O)OCC(COC(=O)CCCCCCC)OC(=O)CCCCCCC/C=C\C/C=C\CCCCC. The maximum Gasteiger partial charge on any atom is 0.306 e. The molecule has 1 atom stereocenters. The van der Waals surface area contributed by atoms with Crippen molar-refractivity contribution in [3.05, 3.63) is 97.2 Å². The van der Waals surface area contributed by atoms with Gasteiger partial charge in [-0.1, -0.05) is 240 Å². The summed E-state index contributed by atoms with van der Waals surface area (Å²) >= 11 is 0. The fourth-order valence-corrected chi connectivity index (χ4v) is 7.77. The van der Waals surface area contributed by atoms with Crippen LogP contribution in [0.15, 0.2) is 97.2 Å². The van der Waals surface area contributed by atoms with E-state index in [2.05, 4.69) is 118 Å². The van der Waals surface area contributed by atoms with Gasteiger partial charge in [-0.05, 0) is 103 Å². The van der Waals surface area contributed by atoms with Gasteiger partial charge in [-0.3, -0.25) is 14.4 Å². The second-order valence-electron chi connectivity index (χ2n) is 18.8. The smallest absolute Gasteiger partial charge is 0.306 e. The van der Waals surface area contributed by atoms with Gasteiger partial charge in [0.1, 0.15) is 13.2 Å². The van der Waals surface area contributed by atoms with Gasteiger partial charge in [0.05, 0.1) is 0 Å². The second kappa shape index (κ2) is 56.9. The quantitative estimate of drug-likeness (QED) is 0.0262. The molecule has 0 amide bonds. The molecule has 0 aliphatic rings. The minimum atomic E-state index is -0.781. The van der Waals surface area contributed by atoms with E-state index in [0.717, 1.165) is 128 Å². The molecule has 0 rings (SSSR count). The summed E-state index contributed by atoms with van der Waals surface area (Å²) in [4.78, 5) is 37.7. The molecule has 0 radical (unpaired) electrons. The van der Waals surface area contributed by atoms with Crippen LogP contribution in [0.1, 0.15) is 265 Å². The monoisotopic (exact) mass is 959 g/mol. The number of ether oxygens (including phenoxy) is 3. The zero-order valence-corrected chi connectivity index (χ0v) is 45.0. The molecule has 0 bridgehead atoms. The summed E-state index contributed by atoms with van der Waals surface area (Å²) in [5.74, 6) is -0.912. The van der Waals surface area contributed by atoms with Crippen molar-refractivity contribution in [2.45, 2.75) is 271 Å². The van der Waals surface area contributed by atoms with Crippen molar-refractivity contribution < 1.29 is 28.6 Å². The molecule has 0 spiro atoms. The van der Waals surface area contributed by atoms with E-state index in [1.54, 1.807) is 0 Å². The lowest BCUT2D eigenvalue weighted by Gasteiger charge is -2.18. The van der Waals surface area contributed by atoms with Gasteiger partial charge < -0.3 is 14.2 Å². The number of hydrogen-bond acceptors (Lipinski definition) is 6. The Kier molecular flexibility index (Phi) is 53.9. The molecule has 1 unspecified atom stereocenters. The number of hydrogen-bond donors (Lipinski definition) is 0. The van der Waals surface area contributed by atoms with Gasteiger partial charge in [0, 0.05) is 19.3 Å². The summed E-state index contributed by atoms with van der Waals surface area (Å²) in [6.07, 6.45) is 75.9. The Labute approximate surface area is 426 Å². The highest BCUT2D eigenvalue weighted by molar-refractivity contribution is 5.71. The number of unbranched alkanes of at least 4 members (excludes halogenated alkanes) is 24. The molecule has 0 aromatic carbocycles. The van der Waals surface area contributed by atoms with Gasteiger partial charge in [-0.2, -0.15) is 0 Å². The first kappa shape index (κ1) is 65.3. The van der Waals surface area contributed by atoms with Crippen molar-refractivity contribution in [1.82, 2.24) is 0 Å². The third kappa shape index (κ3) is 55.1. The molecule has 69 heavy (non-hydrogen) atoms. The molecular weight excluding hydrogens is 853 g/mol. The summed E-state index contributed by atoms with van der Waals surface area (Å²) in [6.45, 7) is 6.40. The summed E-state index contributed by atoms with van der Waals surface area (Å²) in [6, 6.07) is 0. The summed E-state index contributed by atoms with van der Waals surface area (Å²) < 4.78 is 16.7. The van der Waals surface area contributed by atoms with Crippen LogP contribution in [0.25, 0.3) is 0 Å². The molecule has 0 fully saturated rings. The Bertz CT molecular complexity index is 1380. The van der Waals surface area contributed by atoms with Gasteiger partial charge in [-0.25, -0.2) is 0 Å². The lowest BCUT2D eigenvalue weighted by Crippen LogP contribution is -2.30. The third-order valence-electron chi connectivity index (χ3n) is 12.1. The number of allylic oxidation sites excluding steroid dienone is 16. The van der Waals surface area contributed by atoms with Gasteiger partial charge in [-0.15, -0.1) is 0 Å². The predicted molar refractivity (Wildman–Crippen MR) is 297 cm³/mol. The highest BCUT2D eigenvalue weighted by Gasteiger charge is 2.19. The van der Waals surface area contributed by atoms with Crippen LogP contribution in [0.3, 0.4) is 0 Å². The minimum Gasteiger partial charge on any atom is -0.462 e. The van der Waals surface area contributed by atoms with Crippen molar-refractivity contribution in [2.24, 2.45) is 0 Å². The molecule has 0 saturated carbocycles. The fraction of sp³-hybridized carbons (Fsp3) is 0.698. The van der Waals surface area contributed by atoms with Crippen molar-refractivity contribution in [1.29, 1.82) is 0 Å². The molecule has 0 aliphatic heterocycles. The van der Waals surface area contributed by atoms with Crippen molar-refractivity contribution in [3.8, 4) is 0 Å². The zero-order chi connectivity index (χ0) is 50.0. The van der Waals surface area contributed by atoms with Crippen LogP contribution >= 0.6 is 0 Å². The van der Waals surface area contributed by atoms with Crippen LogP contribution in [-0.4, -0.2) is 37.2 Å². The fourth-order valence-electron chi connectivity index (χ4n) is 7.77. The lowest BCUT2D eigenvalue weighted by molar-refractivity contribution is -0.167. The van der Waals surface area contributed by atoms with Gasteiger partial charge in [0.2, 0.25) is 0 Å². The van der Waals surface area contributed by atoms with Crippen LogP contribution in [0.5, 0.6) is 0 Å². The van der Waals surface area contributed by atoms with Crippen LogP contribution in [0, 0.1) is 0 Å². The Morgan fingerprint density at radius 2 is 0.565 bits per heavy atom. The normalized spacial score (nSPS) is 12.8. The Hall–Kier alpha value is -3.67. The van der Waals surface area contributed by atoms with E-state index < -0.39 is 6.10 Å². The largest absolute Gasteiger partial charge is 0.462 e. The second-order valence-corrected chi connectivity index (χ2v) is 18.8. The van der Waals surface area contributed by atoms with Crippen LogP contribution < -0.4 is 0 Å². The molecule has 0 aromatic heterocycles. The van der Waals surface area contributed by atoms with E-state index in [-0.39, 0.29) is 31.1 Å². The van der Waals surface area contributed by atoms with Crippen LogP contribution in [-0.2, 0) is 28.6 Å². The topological polar surface area (TPSA) is 78.9 Å². The van der Waals surface area contributed by atoms with E-state index in [1.165, 1.54) is 96.3 Å². The Morgan fingerprint density at radius 3 is 0.913 bits per heavy atom. The summed E-state index contributed by atoms with van der Waals surface area (Å²) in [5.41, 5.74) is 0. The van der Waals surface area contributed by atoms with E-state index in [0.29, 0.717) is 19.3 Å². The Morgan fingerprint density at radius 1 is 0.304 bits per heavy atom. The molecule has 0 heterocycles. The zero-order valence-electron chi connectivity index (χ0n) is 45.0. The molecule has 0 saturated heterocycles. The third-order valence-corrected chi connectivity index (χ3v) is 12.1. The van der Waals surface area contributed by atoms with E-state index in [4.69, 9.17) is 14.2 Å². The van der Waals surface area contributed by atoms with Crippen molar-refractivity contribution in [3.63, 3.8) is 0 Å². The average molecular weight is 960 g/mol. The Balaban J connectivity index is 4.04. The first-order valence-electron chi connectivity index (χ1n) is 28.7. The number of carbonyl (C=O) groups is 3. The molecule has 0 N–H and O–H groups in total. The van der Waals surface area contributed by atoms with Gasteiger partial charge in [0.15, 0.2) is 6.10 Å². The summed E-state index contributed by atoms with van der Waals surface area (Å²) in [5, 5.41) is 0. The van der Waals surface area contributed by atoms with Crippen LogP contribution in [0.2, 0.25) is 0 Å². The minimum absolute atomic E-state index is 0.0833. The molecule has 394 valence electrons. The molecule has 6 nitrogen and oxygen atoms in total. The standard InChI is InChI=1S/C63H106O6/c1-4-7-10-13-15-17-19-21-23-24-25-26-27-28-29-30-31-32-33-34-35-36-37-38-40-41-43-45-47-50-53-56-62(65)68-59-60(58-67-61(64)55-52-49-12-9-6-3)69-63(66)57-54-51-48-46-44-42-39-22-20-18-16-14-11-8-5-2/h7,10,15-18,21-23,25-26,28-29,31-32,39,60H,4-6,8-9,11-14,19-20,24,27,30,33-38,40-59H2,1-3H3/b10-7-,17-15-,18-16-,23-21-,26-25-,29-28-,32-31-,39-22-. The lowest BCUT2D eigenvalue weighted by atomic mass is 10.0. The average Bonchev–Trinajstić information content (AvgIpc) is 3.35. The van der Waals surface area contributed by atoms with E-state index >= 15 is 0 Å². The highest BCUT2D eigenvalue weighted by Crippen LogP contribution is 2.15. The van der Waals surface area contributed by atoms with Gasteiger partial charge >= 0.3 is 17.9 Å². The maximum absolute atomic E-state index is 12.7. The maximum atomic E-state index is 12.7. The highest BCUT2D eigenvalue weighted by atomic mass is 16.6. The van der Waals surface area contributed by atoms with E-state index in [1.807, 2.05) is 0 Å². The number of carbonyl (C=O) groups excluding carboxylic acids is 3. The molecule has 6 heteroatoms. The van der Waals surface area contributed by atoms with Crippen LogP contribution in [0.4, 0.5) is 0 Å². The predicted octanol–water partition coefficient (Wildman–Crippen LogP) is 19.3. The number of esters is 3. The molecule has 0 aliphatic carbocycles. The van der Waals surface area contributed by atoms with E-state index in [9.17, 15) is 14.4 Å². The first-order chi connectivity index (χ1) is 34.0.